The van der Waals surface area contributed by atoms with Crippen LogP contribution >= 0.6 is 0 Å². The van der Waals surface area contributed by atoms with Crippen LogP contribution in [0.1, 0.15) is 18.4 Å². The number of hydrogen-bond donors (Lipinski definition) is 1. The second-order valence-electron chi connectivity index (χ2n) is 4.00. The van der Waals surface area contributed by atoms with Crippen LogP contribution in [-0.2, 0) is 4.79 Å². The van der Waals surface area contributed by atoms with Crippen molar-refractivity contribution in [3.05, 3.63) is 30.1 Å². The van der Waals surface area contributed by atoms with Crippen molar-refractivity contribution in [2.24, 2.45) is 5.10 Å². The van der Waals surface area contributed by atoms with Gasteiger partial charge in [-0.1, -0.05) is 0 Å². The van der Waals surface area contributed by atoms with E-state index in [1.807, 2.05) is 12.1 Å². The van der Waals surface area contributed by atoms with E-state index >= 15 is 0 Å². The summed E-state index contributed by atoms with van der Waals surface area (Å²) >= 11 is 0. The van der Waals surface area contributed by atoms with Gasteiger partial charge in [-0.3, -0.25) is 9.78 Å². The first kappa shape index (κ1) is 9.33. The Bertz CT molecular complexity index is 443. The molecule has 0 saturated carbocycles. The highest BCUT2D eigenvalue weighted by Crippen LogP contribution is 2.22. The van der Waals surface area contributed by atoms with E-state index in [1.54, 1.807) is 12.4 Å². The predicted octanol–water partition coefficient (Wildman–Crippen LogP) is 0.337. The number of amidine groups is 1. The van der Waals surface area contributed by atoms with Gasteiger partial charge in [0.05, 0.1) is 0 Å². The molecule has 0 aliphatic carbocycles. The first-order chi connectivity index (χ1) is 7.86. The molecule has 2 aliphatic rings. The summed E-state index contributed by atoms with van der Waals surface area (Å²) in [5, 5.41) is 4.14. The first-order valence-corrected chi connectivity index (χ1v) is 5.41. The van der Waals surface area contributed by atoms with Gasteiger partial charge in [0.2, 0.25) is 0 Å². The Morgan fingerprint density at radius 2 is 2.19 bits per heavy atom. The SMILES string of the molecule is O=C1NN=C(c2ccncc2)N2CCCC12. The van der Waals surface area contributed by atoms with Gasteiger partial charge in [-0.25, -0.2) is 5.43 Å². The molecule has 3 heterocycles. The molecule has 1 unspecified atom stereocenters. The van der Waals surface area contributed by atoms with Gasteiger partial charge in [0.25, 0.3) is 5.91 Å². The summed E-state index contributed by atoms with van der Waals surface area (Å²) in [5.74, 6) is 0.861. The lowest BCUT2D eigenvalue weighted by atomic mass is 10.1. The molecule has 5 nitrogen and oxygen atoms in total. The molecule has 5 heteroatoms. The quantitative estimate of drug-likeness (QED) is 0.736. The summed E-state index contributed by atoms with van der Waals surface area (Å²) in [6.07, 6.45) is 5.43. The van der Waals surface area contributed by atoms with Crippen LogP contribution in [0.4, 0.5) is 0 Å². The number of hydrazone groups is 1. The molecule has 1 aromatic rings. The molecule has 0 spiro atoms. The maximum absolute atomic E-state index is 11.6. The Morgan fingerprint density at radius 3 is 3.00 bits per heavy atom. The molecule has 82 valence electrons. The Hall–Kier alpha value is -1.91. The zero-order valence-electron chi connectivity index (χ0n) is 8.76. The van der Waals surface area contributed by atoms with Crippen molar-refractivity contribution in [2.75, 3.05) is 6.54 Å². The molecule has 1 atom stereocenters. The number of nitrogens with one attached hydrogen (secondary N) is 1. The van der Waals surface area contributed by atoms with Crippen LogP contribution in [0.2, 0.25) is 0 Å². The lowest BCUT2D eigenvalue weighted by molar-refractivity contribution is -0.125. The first-order valence-electron chi connectivity index (χ1n) is 5.41. The summed E-state index contributed by atoms with van der Waals surface area (Å²) in [7, 11) is 0. The maximum Gasteiger partial charge on any atom is 0.262 e. The number of hydrogen-bond acceptors (Lipinski definition) is 4. The zero-order valence-corrected chi connectivity index (χ0v) is 8.76. The lowest BCUT2D eigenvalue weighted by Crippen LogP contribution is -2.50. The third-order valence-electron chi connectivity index (χ3n) is 3.04. The third-order valence-corrected chi connectivity index (χ3v) is 3.04. The number of nitrogens with zero attached hydrogens (tertiary/aromatic N) is 3. The van der Waals surface area contributed by atoms with Crippen LogP contribution in [-0.4, -0.2) is 34.2 Å². The molecule has 16 heavy (non-hydrogen) atoms. The fourth-order valence-electron chi connectivity index (χ4n) is 2.27. The average molecular weight is 216 g/mol. The number of pyridine rings is 1. The molecule has 1 amide bonds. The monoisotopic (exact) mass is 216 g/mol. The Labute approximate surface area is 93.2 Å². The topological polar surface area (TPSA) is 57.6 Å². The smallest absolute Gasteiger partial charge is 0.262 e. The minimum Gasteiger partial charge on any atom is -0.343 e. The standard InChI is InChI=1S/C11H12N4O/c16-11-9-2-1-7-15(9)10(13-14-11)8-3-5-12-6-4-8/h3-6,9H,1-2,7H2,(H,14,16). The highest BCUT2D eigenvalue weighted by Gasteiger charge is 2.36. The van der Waals surface area contributed by atoms with Crippen molar-refractivity contribution in [1.82, 2.24) is 15.3 Å². The van der Waals surface area contributed by atoms with Gasteiger partial charge in [0.1, 0.15) is 6.04 Å². The number of aromatic nitrogens is 1. The van der Waals surface area contributed by atoms with Gasteiger partial charge >= 0.3 is 0 Å². The van der Waals surface area contributed by atoms with Crippen LogP contribution in [0, 0.1) is 0 Å². The van der Waals surface area contributed by atoms with Gasteiger partial charge in [0, 0.05) is 24.5 Å². The zero-order chi connectivity index (χ0) is 11.0. The van der Waals surface area contributed by atoms with Crippen LogP contribution in [0.3, 0.4) is 0 Å². The van der Waals surface area contributed by atoms with E-state index in [1.165, 1.54) is 0 Å². The number of fused-ring (bicyclic) bond motifs is 1. The van der Waals surface area contributed by atoms with Crippen molar-refractivity contribution in [3.63, 3.8) is 0 Å². The minimum atomic E-state index is -0.0411. The summed E-state index contributed by atoms with van der Waals surface area (Å²) in [6.45, 7) is 0.902. The van der Waals surface area contributed by atoms with E-state index in [-0.39, 0.29) is 11.9 Å². The minimum absolute atomic E-state index is 0.00954. The molecule has 1 aromatic heterocycles. The molecule has 0 aromatic carbocycles. The van der Waals surface area contributed by atoms with Crippen LogP contribution < -0.4 is 5.43 Å². The Kier molecular flexibility index (Phi) is 2.09. The Balaban J connectivity index is 1.99. The lowest BCUT2D eigenvalue weighted by Gasteiger charge is -2.30. The summed E-state index contributed by atoms with van der Waals surface area (Å²) < 4.78 is 0. The van der Waals surface area contributed by atoms with Gasteiger partial charge in [-0.15, -0.1) is 0 Å². The van der Waals surface area contributed by atoms with Crippen molar-refractivity contribution >= 4 is 11.7 Å². The van der Waals surface area contributed by atoms with Gasteiger partial charge in [-0.05, 0) is 25.0 Å². The molecule has 0 radical (unpaired) electrons. The van der Waals surface area contributed by atoms with E-state index in [0.717, 1.165) is 30.8 Å². The summed E-state index contributed by atoms with van der Waals surface area (Å²) in [4.78, 5) is 17.6. The second kappa shape index (κ2) is 3.59. The largest absolute Gasteiger partial charge is 0.343 e. The van der Waals surface area contributed by atoms with Crippen molar-refractivity contribution < 1.29 is 4.79 Å². The van der Waals surface area contributed by atoms with E-state index in [9.17, 15) is 4.79 Å². The molecule has 0 bridgehead atoms. The number of carbonyl (C=O) groups is 1. The molecule has 1 N–H and O–H groups in total. The fraction of sp³-hybridized carbons (Fsp3) is 0.364. The Morgan fingerprint density at radius 1 is 1.38 bits per heavy atom. The van der Waals surface area contributed by atoms with Crippen molar-refractivity contribution in [2.45, 2.75) is 18.9 Å². The molecular weight excluding hydrogens is 204 g/mol. The fourth-order valence-corrected chi connectivity index (χ4v) is 2.27. The third kappa shape index (κ3) is 1.36. The van der Waals surface area contributed by atoms with Crippen molar-refractivity contribution in [1.29, 1.82) is 0 Å². The van der Waals surface area contributed by atoms with Crippen LogP contribution in [0.15, 0.2) is 29.6 Å². The predicted molar refractivity (Wildman–Crippen MR) is 58.6 cm³/mol. The van der Waals surface area contributed by atoms with Gasteiger partial charge in [0.15, 0.2) is 5.84 Å². The normalized spacial score (nSPS) is 23.8. The van der Waals surface area contributed by atoms with Crippen molar-refractivity contribution in [3.8, 4) is 0 Å². The number of amides is 1. The molecule has 1 saturated heterocycles. The van der Waals surface area contributed by atoms with Crippen LogP contribution in [0.5, 0.6) is 0 Å². The summed E-state index contributed by atoms with van der Waals surface area (Å²) in [6, 6.07) is 3.78. The van der Waals surface area contributed by atoms with E-state index in [0.29, 0.717) is 0 Å². The van der Waals surface area contributed by atoms with Gasteiger partial charge < -0.3 is 4.90 Å². The highest BCUT2D eigenvalue weighted by molar-refractivity contribution is 6.04. The van der Waals surface area contributed by atoms with E-state index in [2.05, 4.69) is 20.4 Å². The van der Waals surface area contributed by atoms with Gasteiger partial charge in [-0.2, -0.15) is 5.10 Å². The van der Waals surface area contributed by atoms with E-state index < -0.39 is 0 Å². The van der Waals surface area contributed by atoms with Crippen LogP contribution in [0.25, 0.3) is 0 Å². The maximum atomic E-state index is 11.6. The molecule has 1 fully saturated rings. The molecule has 2 aliphatic heterocycles. The molecule has 3 rings (SSSR count). The molecular formula is C11H12N4O. The van der Waals surface area contributed by atoms with E-state index in [4.69, 9.17) is 0 Å². The number of carbonyl (C=O) groups excluding carboxylic acids is 1. The average Bonchev–Trinajstić information content (AvgIpc) is 2.81. The number of rotatable bonds is 1. The summed E-state index contributed by atoms with van der Waals surface area (Å²) in [5.41, 5.74) is 3.59. The second-order valence-corrected chi connectivity index (χ2v) is 4.00. The highest BCUT2D eigenvalue weighted by atomic mass is 16.2.